The van der Waals surface area contributed by atoms with Crippen LogP contribution >= 0.6 is 0 Å². The number of rotatable bonds is 8. The molecule has 0 aliphatic heterocycles. The van der Waals surface area contributed by atoms with Gasteiger partial charge >= 0.3 is 0 Å². The van der Waals surface area contributed by atoms with Crippen LogP contribution in [0, 0.1) is 0 Å². The van der Waals surface area contributed by atoms with E-state index in [4.69, 9.17) is 4.74 Å². The van der Waals surface area contributed by atoms with E-state index in [9.17, 15) is 5.11 Å². The van der Waals surface area contributed by atoms with Gasteiger partial charge in [-0.1, -0.05) is 12.1 Å². The topological polar surface area (TPSA) is 44.7 Å². The molecule has 2 N–H and O–H groups in total. The van der Waals surface area contributed by atoms with Crippen molar-refractivity contribution in [1.82, 2.24) is 10.2 Å². The standard InChI is InChI=1S/C13H22N2O2/c1-15(2)7-9-17-8-6-14-11-12-4-3-5-13(16)10-12/h3-5,10,14,16H,6-9,11H2,1-2H3. The zero-order chi connectivity index (χ0) is 12.5. The number of hydrogen-bond acceptors (Lipinski definition) is 4. The second kappa shape index (κ2) is 8.06. The van der Waals surface area contributed by atoms with Gasteiger partial charge in [0.25, 0.3) is 0 Å². The van der Waals surface area contributed by atoms with Gasteiger partial charge in [0.2, 0.25) is 0 Å². The molecule has 1 rings (SSSR count). The number of aromatic hydroxyl groups is 1. The molecule has 0 unspecified atom stereocenters. The maximum absolute atomic E-state index is 9.28. The van der Waals surface area contributed by atoms with Gasteiger partial charge < -0.3 is 20.1 Å². The van der Waals surface area contributed by atoms with E-state index in [0.29, 0.717) is 12.4 Å². The van der Waals surface area contributed by atoms with E-state index in [1.54, 1.807) is 12.1 Å². The van der Waals surface area contributed by atoms with Crippen molar-refractivity contribution in [2.75, 3.05) is 40.4 Å². The van der Waals surface area contributed by atoms with Crippen molar-refractivity contribution in [3.05, 3.63) is 29.8 Å². The molecule has 0 aliphatic rings. The van der Waals surface area contributed by atoms with Crippen LogP contribution in [0.3, 0.4) is 0 Å². The summed E-state index contributed by atoms with van der Waals surface area (Å²) in [7, 11) is 4.06. The maximum Gasteiger partial charge on any atom is 0.115 e. The van der Waals surface area contributed by atoms with Crippen molar-refractivity contribution in [2.45, 2.75) is 6.54 Å². The van der Waals surface area contributed by atoms with Crippen LogP contribution in [0.5, 0.6) is 5.75 Å². The highest BCUT2D eigenvalue weighted by atomic mass is 16.5. The molecule has 1 aromatic rings. The summed E-state index contributed by atoms with van der Waals surface area (Å²) in [6.45, 7) is 4.01. The molecule has 0 bridgehead atoms. The van der Waals surface area contributed by atoms with Crippen molar-refractivity contribution in [1.29, 1.82) is 0 Å². The van der Waals surface area contributed by atoms with Crippen LogP contribution in [0.2, 0.25) is 0 Å². The number of nitrogens with one attached hydrogen (secondary N) is 1. The minimum absolute atomic E-state index is 0.312. The Bertz CT molecular complexity index is 316. The molecule has 0 spiro atoms. The van der Waals surface area contributed by atoms with Crippen molar-refractivity contribution in [3.63, 3.8) is 0 Å². The normalized spacial score (nSPS) is 11.0. The van der Waals surface area contributed by atoms with Gasteiger partial charge in [0.1, 0.15) is 5.75 Å². The zero-order valence-electron chi connectivity index (χ0n) is 10.6. The molecule has 0 saturated heterocycles. The lowest BCUT2D eigenvalue weighted by molar-refractivity contribution is 0.119. The highest BCUT2D eigenvalue weighted by Crippen LogP contribution is 2.10. The lowest BCUT2D eigenvalue weighted by atomic mass is 10.2. The molecule has 96 valence electrons. The average molecular weight is 238 g/mol. The fraction of sp³-hybridized carbons (Fsp3) is 0.538. The van der Waals surface area contributed by atoms with E-state index >= 15 is 0 Å². The van der Waals surface area contributed by atoms with Crippen molar-refractivity contribution in [2.24, 2.45) is 0 Å². The van der Waals surface area contributed by atoms with Crippen LogP contribution in [0.4, 0.5) is 0 Å². The number of hydrogen-bond donors (Lipinski definition) is 2. The quantitative estimate of drug-likeness (QED) is 0.665. The Morgan fingerprint density at radius 3 is 2.82 bits per heavy atom. The summed E-state index contributed by atoms with van der Waals surface area (Å²) in [5, 5.41) is 12.5. The molecule has 0 saturated carbocycles. The molecule has 1 aromatic carbocycles. The Labute approximate surface area is 103 Å². The second-order valence-electron chi connectivity index (χ2n) is 4.26. The Hall–Kier alpha value is -1.10. The van der Waals surface area contributed by atoms with Gasteiger partial charge in [0.05, 0.1) is 13.2 Å². The summed E-state index contributed by atoms with van der Waals surface area (Å²) in [5.41, 5.74) is 1.08. The fourth-order valence-corrected chi connectivity index (χ4v) is 1.39. The molecule has 0 aliphatic carbocycles. The number of benzene rings is 1. The number of nitrogens with zero attached hydrogens (tertiary/aromatic N) is 1. The summed E-state index contributed by atoms with van der Waals surface area (Å²) in [6, 6.07) is 7.27. The first-order valence-corrected chi connectivity index (χ1v) is 5.89. The van der Waals surface area contributed by atoms with Crippen LogP contribution in [-0.2, 0) is 11.3 Å². The Morgan fingerprint density at radius 2 is 2.12 bits per heavy atom. The van der Waals surface area contributed by atoms with Gasteiger partial charge in [-0.05, 0) is 31.8 Å². The molecule has 0 heterocycles. The van der Waals surface area contributed by atoms with Crippen molar-refractivity contribution in [3.8, 4) is 5.75 Å². The minimum Gasteiger partial charge on any atom is -0.508 e. The minimum atomic E-state index is 0.312. The van der Waals surface area contributed by atoms with Crippen molar-refractivity contribution >= 4 is 0 Å². The van der Waals surface area contributed by atoms with Crippen LogP contribution in [0.25, 0.3) is 0 Å². The lowest BCUT2D eigenvalue weighted by Crippen LogP contribution is -2.23. The monoisotopic (exact) mass is 238 g/mol. The summed E-state index contributed by atoms with van der Waals surface area (Å²) in [4.78, 5) is 2.10. The molecule has 0 radical (unpaired) electrons. The predicted octanol–water partition coefficient (Wildman–Crippen LogP) is 1.06. The van der Waals surface area contributed by atoms with Crippen molar-refractivity contribution < 1.29 is 9.84 Å². The number of phenolic OH excluding ortho intramolecular Hbond substituents is 1. The lowest BCUT2D eigenvalue weighted by Gasteiger charge is -2.10. The average Bonchev–Trinajstić information content (AvgIpc) is 2.27. The highest BCUT2D eigenvalue weighted by Gasteiger charge is 1.94. The maximum atomic E-state index is 9.28. The number of ether oxygens (including phenoxy) is 1. The first-order chi connectivity index (χ1) is 8.18. The third-order valence-electron chi connectivity index (χ3n) is 2.35. The van der Waals surface area contributed by atoms with Crippen LogP contribution in [0.15, 0.2) is 24.3 Å². The first-order valence-electron chi connectivity index (χ1n) is 5.89. The Morgan fingerprint density at radius 1 is 1.29 bits per heavy atom. The molecule has 4 nitrogen and oxygen atoms in total. The van der Waals surface area contributed by atoms with Gasteiger partial charge in [0.15, 0.2) is 0 Å². The molecular formula is C13H22N2O2. The fourth-order valence-electron chi connectivity index (χ4n) is 1.39. The second-order valence-corrected chi connectivity index (χ2v) is 4.26. The zero-order valence-corrected chi connectivity index (χ0v) is 10.6. The summed E-state index contributed by atoms with van der Waals surface area (Å²) in [6.07, 6.45) is 0. The molecule has 0 amide bonds. The van der Waals surface area contributed by atoms with E-state index in [-0.39, 0.29) is 0 Å². The largest absolute Gasteiger partial charge is 0.508 e. The molecule has 4 heteroatoms. The van der Waals surface area contributed by atoms with Crippen LogP contribution in [-0.4, -0.2) is 50.4 Å². The number of phenols is 1. The Balaban J connectivity index is 2.01. The molecule has 0 aromatic heterocycles. The van der Waals surface area contributed by atoms with Gasteiger partial charge in [-0.15, -0.1) is 0 Å². The Kier molecular flexibility index (Phi) is 6.62. The highest BCUT2D eigenvalue weighted by molar-refractivity contribution is 5.26. The first kappa shape index (κ1) is 14.0. The smallest absolute Gasteiger partial charge is 0.115 e. The van der Waals surface area contributed by atoms with Gasteiger partial charge in [-0.3, -0.25) is 0 Å². The molecule has 17 heavy (non-hydrogen) atoms. The molecule has 0 fully saturated rings. The summed E-state index contributed by atoms with van der Waals surface area (Å²) in [5.74, 6) is 0.312. The third-order valence-corrected chi connectivity index (χ3v) is 2.35. The summed E-state index contributed by atoms with van der Waals surface area (Å²) < 4.78 is 5.45. The van der Waals surface area contributed by atoms with E-state index in [1.165, 1.54) is 0 Å². The van der Waals surface area contributed by atoms with E-state index in [1.807, 2.05) is 26.2 Å². The van der Waals surface area contributed by atoms with Gasteiger partial charge in [0, 0.05) is 19.6 Å². The van der Waals surface area contributed by atoms with E-state index < -0.39 is 0 Å². The summed E-state index contributed by atoms with van der Waals surface area (Å²) >= 11 is 0. The van der Waals surface area contributed by atoms with E-state index in [0.717, 1.165) is 31.8 Å². The van der Waals surface area contributed by atoms with Crippen LogP contribution < -0.4 is 5.32 Å². The third kappa shape index (κ3) is 6.94. The predicted molar refractivity (Wildman–Crippen MR) is 69.2 cm³/mol. The number of likely N-dealkylation sites (N-methyl/N-ethyl adjacent to an activating group) is 1. The molecular weight excluding hydrogens is 216 g/mol. The van der Waals surface area contributed by atoms with E-state index in [2.05, 4.69) is 10.2 Å². The van der Waals surface area contributed by atoms with Gasteiger partial charge in [-0.2, -0.15) is 0 Å². The molecule has 0 atom stereocenters. The SMILES string of the molecule is CN(C)CCOCCNCc1cccc(O)c1. The van der Waals surface area contributed by atoms with Gasteiger partial charge in [-0.25, -0.2) is 0 Å². The van der Waals surface area contributed by atoms with Crippen LogP contribution in [0.1, 0.15) is 5.56 Å².